The van der Waals surface area contributed by atoms with Crippen molar-refractivity contribution in [2.24, 2.45) is 10.9 Å². The molecule has 2 heterocycles. The Bertz CT molecular complexity index is 200. The Kier molecular flexibility index (Phi) is 3.77. The lowest BCUT2D eigenvalue weighted by Crippen LogP contribution is -2.38. The Morgan fingerprint density at radius 2 is 1.86 bits per heavy atom. The van der Waals surface area contributed by atoms with Gasteiger partial charge in [-0.15, -0.1) is 0 Å². The van der Waals surface area contributed by atoms with Crippen molar-refractivity contribution >= 4 is 5.84 Å². The van der Waals surface area contributed by atoms with E-state index in [2.05, 4.69) is 10.3 Å². The molecule has 0 bridgehead atoms. The van der Waals surface area contributed by atoms with E-state index in [0.717, 1.165) is 52.4 Å². The quantitative estimate of drug-likeness (QED) is 0.664. The molecule has 2 aliphatic heterocycles. The molecule has 1 N–H and O–H groups in total. The monoisotopic (exact) mass is 198 g/mol. The van der Waals surface area contributed by atoms with Crippen LogP contribution in [-0.4, -0.2) is 45.4 Å². The Morgan fingerprint density at radius 1 is 1.07 bits per heavy atom. The van der Waals surface area contributed by atoms with Gasteiger partial charge >= 0.3 is 0 Å². The average molecular weight is 198 g/mol. The summed E-state index contributed by atoms with van der Waals surface area (Å²) in [4.78, 5) is 4.53. The van der Waals surface area contributed by atoms with Crippen LogP contribution in [0.1, 0.15) is 12.8 Å². The van der Waals surface area contributed by atoms with E-state index < -0.39 is 0 Å². The zero-order chi connectivity index (χ0) is 9.64. The molecule has 0 aromatic rings. The Balaban J connectivity index is 1.91. The molecule has 4 heteroatoms. The number of nitrogens with one attached hydrogen (secondary N) is 1. The van der Waals surface area contributed by atoms with E-state index >= 15 is 0 Å². The topological polar surface area (TPSA) is 42.8 Å². The summed E-state index contributed by atoms with van der Waals surface area (Å²) in [6.45, 7) is 4.98. The molecule has 1 fully saturated rings. The minimum atomic E-state index is 0.585. The van der Waals surface area contributed by atoms with Crippen LogP contribution in [0, 0.1) is 5.92 Å². The smallest absolute Gasteiger partial charge is 0.0997 e. The van der Waals surface area contributed by atoms with Gasteiger partial charge in [-0.05, 0) is 12.8 Å². The molecular formula is C10H18N2O2. The number of rotatable bonds is 1. The zero-order valence-corrected chi connectivity index (χ0v) is 8.50. The van der Waals surface area contributed by atoms with Gasteiger partial charge in [0.25, 0.3) is 0 Å². The van der Waals surface area contributed by atoms with Crippen LogP contribution >= 0.6 is 0 Å². The van der Waals surface area contributed by atoms with Gasteiger partial charge in [0.15, 0.2) is 0 Å². The average Bonchev–Trinajstić information content (AvgIpc) is 2.18. The maximum atomic E-state index is 5.34. The fourth-order valence-electron chi connectivity index (χ4n) is 1.88. The molecule has 0 atom stereocenters. The first-order valence-electron chi connectivity index (χ1n) is 5.40. The second kappa shape index (κ2) is 5.32. The lowest BCUT2D eigenvalue weighted by molar-refractivity contribution is 0.0811. The largest absolute Gasteiger partial charge is 0.381 e. The van der Waals surface area contributed by atoms with Crippen LogP contribution in [0.25, 0.3) is 0 Å². The van der Waals surface area contributed by atoms with E-state index in [1.165, 1.54) is 5.84 Å². The van der Waals surface area contributed by atoms with Crippen molar-refractivity contribution in [2.75, 3.05) is 39.5 Å². The van der Waals surface area contributed by atoms with Gasteiger partial charge in [0.05, 0.1) is 25.6 Å². The minimum absolute atomic E-state index is 0.585. The summed E-state index contributed by atoms with van der Waals surface area (Å²) in [6.07, 6.45) is 2.21. The van der Waals surface area contributed by atoms with Gasteiger partial charge in [-0.2, -0.15) is 0 Å². The second-order valence-corrected chi connectivity index (χ2v) is 3.69. The molecule has 14 heavy (non-hydrogen) atoms. The summed E-state index contributed by atoms with van der Waals surface area (Å²) in [5.74, 6) is 1.76. The Hall–Kier alpha value is -0.610. The third kappa shape index (κ3) is 2.69. The number of aliphatic imine (C=N–C) groups is 1. The van der Waals surface area contributed by atoms with Gasteiger partial charge in [-0.3, -0.25) is 4.99 Å². The molecule has 0 unspecified atom stereocenters. The predicted octanol–water partition coefficient (Wildman–Crippen LogP) is 0.431. The zero-order valence-electron chi connectivity index (χ0n) is 8.50. The first kappa shape index (κ1) is 9.93. The fraction of sp³-hybridized carbons (Fsp3) is 0.900. The van der Waals surface area contributed by atoms with Gasteiger partial charge in [-0.25, -0.2) is 0 Å². The van der Waals surface area contributed by atoms with E-state index in [-0.39, 0.29) is 0 Å². The van der Waals surface area contributed by atoms with Crippen LogP contribution in [0.5, 0.6) is 0 Å². The maximum Gasteiger partial charge on any atom is 0.0997 e. The molecule has 4 nitrogen and oxygen atoms in total. The number of hydrogen-bond donors (Lipinski definition) is 1. The van der Waals surface area contributed by atoms with Crippen molar-refractivity contribution in [2.45, 2.75) is 12.8 Å². The van der Waals surface area contributed by atoms with Crippen molar-refractivity contribution in [3.05, 3.63) is 0 Å². The molecule has 0 spiro atoms. The van der Waals surface area contributed by atoms with Crippen LogP contribution in [0.2, 0.25) is 0 Å². The van der Waals surface area contributed by atoms with Crippen LogP contribution in [0.4, 0.5) is 0 Å². The van der Waals surface area contributed by atoms with E-state index in [4.69, 9.17) is 9.47 Å². The fourth-order valence-corrected chi connectivity index (χ4v) is 1.88. The molecule has 2 rings (SSSR count). The Morgan fingerprint density at radius 3 is 2.71 bits per heavy atom. The maximum absolute atomic E-state index is 5.34. The lowest BCUT2D eigenvalue weighted by Gasteiger charge is -2.25. The van der Waals surface area contributed by atoms with E-state index in [9.17, 15) is 0 Å². The molecule has 0 aromatic heterocycles. The van der Waals surface area contributed by atoms with Crippen molar-refractivity contribution in [1.29, 1.82) is 0 Å². The molecule has 0 aromatic carbocycles. The summed E-state index contributed by atoms with van der Waals surface area (Å²) in [6, 6.07) is 0. The van der Waals surface area contributed by atoms with Crippen molar-refractivity contribution in [3.63, 3.8) is 0 Å². The first-order chi connectivity index (χ1) is 6.97. The van der Waals surface area contributed by atoms with Gasteiger partial charge < -0.3 is 14.8 Å². The number of amidine groups is 1. The molecule has 0 aliphatic carbocycles. The summed E-state index contributed by atoms with van der Waals surface area (Å²) < 4.78 is 10.7. The Labute approximate surface area is 84.7 Å². The van der Waals surface area contributed by atoms with Gasteiger partial charge in [0.2, 0.25) is 0 Å². The highest BCUT2D eigenvalue weighted by Gasteiger charge is 2.19. The van der Waals surface area contributed by atoms with E-state index in [0.29, 0.717) is 5.92 Å². The number of hydrogen-bond acceptors (Lipinski definition) is 4. The molecule has 0 radical (unpaired) electrons. The van der Waals surface area contributed by atoms with E-state index in [1.54, 1.807) is 0 Å². The first-order valence-corrected chi connectivity index (χ1v) is 5.40. The number of ether oxygens (including phenoxy) is 2. The predicted molar refractivity (Wildman–Crippen MR) is 54.7 cm³/mol. The van der Waals surface area contributed by atoms with Crippen molar-refractivity contribution in [1.82, 2.24) is 5.32 Å². The SMILES string of the molecule is C1COCCN/C(C2CCOCC2)=N\1. The third-order valence-electron chi connectivity index (χ3n) is 2.68. The molecule has 0 saturated carbocycles. The summed E-state index contributed by atoms with van der Waals surface area (Å²) in [5, 5.41) is 3.36. The minimum Gasteiger partial charge on any atom is -0.381 e. The van der Waals surface area contributed by atoms with Crippen LogP contribution in [0.15, 0.2) is 4.99 Å². The van der Waals surface area contributed by atoms with Crippen molar-refractivity contribution < 1.29 is 9.47 Å². The molecule has 80 valence electrons. The van der Waals surface area contributed by atoms with Gasteiger partial charge in [0, 0.05) is 25.7 Å². The van der Waals surface area contributed by atoms with Crippen LogP contribution in [-0.2, 0) is 9.47 Å². The van der Waals surface area contributed by atoms with Crippen molar-refractivity contribution in [3.8, 4) is 0 Å². The molecular weight excluding hydrogens is 180 g/mol. The normalized spacial score (nSPS) is 29.6. The highest BCUT2D eigenvalue weighted by Crippen LogP contribution is 2.15. The molecule has 0 amide bonds. The summed E-state index contributed by atoms with van der Waals surface area (Å²) in [7, 11) is 0. The third-order valence-corrected chi connectivity index (χ3v) is 2.68. The summed E-state index contributed by atoms with van der Waals surface area (Å²) in [5.41, 5.74) is 0. The second-order valence-electron chi connectivity index (χ2n) is 3.69. The highest BCUT2D eigenvalue weighted by molar-refractivity contribution is 5.84. The van der Waals surface area contributed by atoms with Crippen LogP contribution in [0.3, 0.4) is 0 Å². The van der Waals surface area contributed by atoms with E-state index in [1.807, 2.05) is 0 Å². The summed E-state index contributed by atoms with van der Waals surface area (Å²) >= 11 is 0. The molecule has 2 aliphatic rings. The van der Waals surface area contributed by atoms with Crippen LogP contribution < -0.4 is 5.32 Å². The number of nitrogens with zero attached hydrogens (tertiary/aromatic N) is 1. The van der Waals surface area contributed by atoms with Gasteiger partial charge in [-0.1, -0.05) is 0 Å². The van der Waals surface area contributed by atoms with Gasteiger partial charge in [0.1, 0.15) is 0 Å². The standard InChI is InChI=1S/C10H18N2O2/c1-5-13-6-2-9(1)10-11-3-7-14-8-4-12-10/h9H,1-8H2,(H,11,12). The highest BCUT2D eigenvalue weighted by atomic mass is 16.5. The molecule has 1 saturated heterocycles. The lowest BCUT2D eigenvalue weighted by atomic mass is 9.99.